The molecule has 1 aliphatic carbocycles. The van der Waals surface area contributed by atoms with Gasteiger partial charge in [-0.15, -0.1) is 0 Å². The van der Waals surface area contributed by atoms with Gasteiger partial charge in [-0.2, -0.15) is 0 Å². The number of rotatable bonds is 4. The third-order valence-electron chi connectivity index (χ3n) is 6.03. The summed E-state index contributed by atoms with van der Waals surface area (Å²) in [6.07, 6.45) is 3.09. The molecule has 2 aliphatic rings. The smallest absolute Gasteiger partial charge is 0.307 e. The second-order valence-corrected chi connectivity index (χ2v) is 8.61. The molecule has 4 nitrogen and oxygen atoms in total. The molecule has 0 saturated carbocycles. The zero-order valence-corrected chi connectivity index (χ0v) is 17.0. The Morgan fingerprint density at radius 2 is 2.07 bits per heavy atom. The van der Waals surface area contributed by atoms with Crippen LogP contribution >= 0.6 is 15.9 Å². The number of benzene rings is 2. The second kappa shape index (κ2) is 7.28. The summed E-state index contributed by atoms with van der Waals surface area (Å²) in [6, 6.07) is 12.3. The van der Waals surface area contributed by atoms with Crippen LogP contribution in [0.5, 0.6) is 5.75 Å². The summed E-state index contributed by atoms with van der Waals surface area (Å²) in [5.74, 6) is -0.141. The molecule has 2 aromatic carbocycles. The molecule has 1 unspecified atom stereocenters. The number of aliphatic carboxylic acids is 1. The normalized spacial score (nSPS) is 20.4. The van der Waals surface area contributed by atoms with Gasteiger partial charge >= 0.3 is 5.97 Å². The lowest BCUT2D eigenvalue weighted by molar-refractivity contribution is -0.136. The van der Waals surface area contributed by atoms with Crippen molar-refractivity contribution in [2.45, 2.75) is 44.1 Å². The van der Waals surface area contributed by atoms with Crippen molar-refractivity contribution in [2.75, 3.05) is 13.1 Å². The van der Waals surface area contributed by atoms with Crippen molar-refractivity contribution >= 4 is 21.9 Å². The summed E-state index contributed by atoms with van der Waals surface area (Å²) >= 11 is 3.60. The lowest BCUT2D eigenvalue weighted by Gasteiger charge is -2.35. The van der Waals surface area contributed by atoms with Gasteiger partial charge in [-0.1, -0.05) is 34.1 Å². The molecule has 4 rings (SSSR count). The van der Waals surface area contributed by atoms with Crippen molar-refractivity contribution in [3.05, 3.63) is 63.1 Å². The topological polar surface area (TPSA) is 58.6 Å². The summed E-state index contributed by atoms with van der Waals surface area (Å²) < 4.78 is 7.54. The molecule has 2 N–H and O–H groups in total. The minimum atomic E-state index is -0.835. The van der Waals surface area contributed by atoms with E-state index in [4.69, 9.17) is 4.74 Å². The van der Waals surface area contributed by atoms with Crippen LogP contribution in [0.15, 0.2) is 40.9 Å². The highest BCUT2D eigenvalue weighted by Crippen LogP contribution is 2.52. The molecule has 5 heteroatoms. The van der Waals surface area contributed by atoms with Gasteiger partial charge in [0.25, 0.3) is 0 Å². The predicted octanol–water partition coefficient (Wildman–Crippen LogP) is 4.53. The summed E-state index contributed by atoms with van der Waals surface area (Å²) in [5.41, 5.74) is 4.51. The number of carboxylic acid groups (broad SMARTS) is 1. The van der Waals surface area contributed by atoms with Crippen molar-refractivity contribution in [3.8, 4) is 5.75 Å². The second-order valence-electron chi connectivity index (χ2n) is 7.69. The summed E-state index contributed by atoms with van der Waals surface area (Å²) in [4.78, 5) is 11.3. The van der Waals surface area contributed by atoms with Crippen molar-refractivity contribution in [3.63, 3.8) is 0 Å². The fourth-order valence-corrected chi connectivity index (χ4v) is 5.04. The number of carbonyl (C=O) groups is 1. The molecule has 1 fully saturated rings. The molecule has 142 valence electrons. The van der Waals surface area contributed by atoms with E-state index in [9.17, 15) is 9.90 Å². The molecule has 1 atom stereocenters. The van der Waals surface area contributed by atoms with Crippen molar-refractivity contribution < 1.29 is 14.6 Å². The molecule has 1 spiro atoms. The number of ether oxygens (including phenoxy) is 1. The van der Waals surface area contributed by atoms with Crippen LogP contribution in [-0.2, 0) is 16.6 Å². The largest absolute Gasteiger partial charge is 0.485 e. The maximum Gasteiger partial charge on any atom is 0.307 e. The molecular formula is C22H24BrNO3. The van der Waals surface area contributed by atoms with Gasteiger partial charge in [-0.25, -0.2) is 0 Å². The van der Waals surface area contributed by atoms with Crippen LogP contribution in [0.25, 0.3) is 0 Å². The summed E-state index contributed by atoms with van der Waals surface area (Å²) in [6.45, 7) is 3.99. The Bertz CT molecular complexity index is 874. The van der Waals surface area contributed by atoms with Crippen molar-refractivity contribution in [2.24, 2.45) is 0 Å². The fraction of sp³-hybridized carbons (Fsp3) is 0.409. The first-order valence-electron chi connectivity index (χ1n) is 9.46. The molecule has 0 radical (unpaired) electrons. The third-order valence-corrected chi connectivity index (χ3v) is 6.53. The first kappa shape index (κ1) is 18.5. The van der Waals surface area contributed by atoms with Gasteiger partial charge in [0.1, 0.15) is 11.9 Å². The van der Waals surface area contributed by atoms with Gasteiger partial charge in [0, 0.05) is 15.5 Å². The highest BCUT2D eigenvalue weighted by molar-refractivity contribution is 9.10. The van der Waals surface area contributed by atoms with Crippen LogP contribution in [0.3, 0.4) is 0 Å². The number of aryl methyl sites for hydroxylation is 1. The van der Waals surface area contributed by atoms with Crippen LogP contribution in [0.1, 0.15) is 47.6 Å². The molecular weight excluding hydrogens is 406 g/mol. The Kier molecular flexibility index (Phi) is 4.99. The molecule has 27 heavy (non-hydrogen) atoms. The molecule has 0 aromatic heterocycles. The highest BCUT2D eigenvalue weighted by atomic mass is 79.9. The SMILES string of the molecule is Cc1cccc(OC2CC3(CCNCC3)c3ccc(Br)cc32)c1CC(=O)O. The minimum Gasteiger partial charge on any atom is -0.485 e. The van der Waals surface area contributed by atoms with E-state index < -0.39 is 5.97 Å². The molecule has 1 saturated heterocycles. The lowest BCUT2D eigenvalue weighted by Crippen LogP contribution is -2.38. The molecule has 1 aliphatic heterocycles. The molecule has 2 aromatic rings. The molecule has 0 amide bonds. The van der Waals surface area contributed by atoms with Gasteiger partial charge in [0.05, 0.1) is 6.42 Å². The van der Waals surface area contributed by atoms with Crippen LogP contribution in [0.4, 0.5) is 0 Å². The standard InChI is InChI=1S/C22H24BrNO3/c1-14-3-2-4-19(16(14)12-21(25)26)27-20-13-22(7-9-24-10-8-22)18-6-5-15(23)11-17(18)20/h2-6,11,20,24H,7-10,12-13H2,1H3,(H,25,26). The van der Waals surface area contributed by atoms with E-state index in [2.05, 4.69) is 39.4 Å². The maximum atomic E-state index is 11.3. The monoisotopic (exact) mass is 429 g/mol. The average molecular weight is 430 g/mol. The van der Waals surface area contributed by atoms with Crippen LogP contribution in [-0.4, -0.2) is 24.2 Å². The first-order chi connectivity index (χ1) is 13.0. The Morgan fingerprint density at radius 1 is 1.30 bits per heavy atom. The lowest BCUT2D eigenvalue weighted by atomic mass is 9.74. The predicted molar refractivity (Wildman–Crippen MR) is 108 cm³/mol. The number of nitrogens with one attached hydrogen (secondary N) is 1. The van der Waals surface area contributed by atoms with E-state index in [0.717, 1.165) is 48.0 Å². The Balaban J connectivity index is 1.71. The van der Waals surface area contributed by atoms with E-state index in [1.54, 1.807) is 0 Å². The van der Waals surface area contributed by atoms with E-state index >= 15 is 0 Å². The van der Waals surface area contributed by atoms with Gasteiger partial charge in [0.15, 0.2) is 0 Å². The number of halogens is 1. The Hall–Kier alpha value is -1.85. The highest BCUT2D eigenvalue weighted by Gasteiger charge is 2.45. The van der Waals surface area contributed by atoms with Gasteiger partial charge < -0.3 is 15.2 Å². The fourth-order valence-electron chi connectivity index (χ4n) is 4.66. The zero-order valence-electron chi connectivity index (χ0n) is 15.4. The van der Waals surface area contributed by atoms with Crippen molar-refractivity contribution in [1.29, 1.82) is 0 Å². The Labute approximate surface area is 168 Å². The third kappa shape index (κ3) is 3.50. The number of hydrogen-bond acceptors (Lipinski definition) is 3. The van der Waals surface area contributed by atoms with Crippen LogP contribution in [0.2, 0.25) is 0 Å². The zero-order chi connectivity index (χ0) is 19.0. The summed E-state index contributed by atoms with van der Waals surface area (Å²) in [7, 11) is 0. The van der Waals surface area contributed by atoms with Crippen LogP contribution < -0.4 is 10.1 Å². The first-order valence-corrected chi connectivity index (χ1v) is 10.3. The number of carboxylic acids is 1. The van der Waals surface area contributed by atoms with Crippen molar-refractivity contribution in [1.82, 2.24) is 5.32 Å². The number of fused-ring (bicyclic) bond motifs is 2. The number of hydrogen-bond donors (Lipinski definition) is 2. The van der Waals surface area contributed by atoms with Gasteiger partial charge in [-0.05, 0) is 74.2 Å². The van der Waals surface area contributed by atoms with Crippen LogP contribution in [0, 0.1) is 6.92 Å². The van der Waals surface area contributed by atoms with E-state index in [-0.39, 0.29) is 17.9 Å². The van der Waals surface area contributed by atoms with E-state index in [1.165, 1.54) is 11.1 Å². The number of piperidine rings is 1. The van der Waals surface area contributed by atoms with Gasteiger partial charge in [-0.3, -0.25) is 4.79 Å². The summed E-state index contributed by atoms with van der Waals surface area (Å²) in [5, 5.41) is 12.8. The van der Waals surface area contributed by atoms with Gasteiger partial charge in [0.2, 0.25) is 0 Å². The average Bonchev–Trinajstić information content (AvgIpc) is 2.91. The maximum absolute atomic E-state index is 11.3. The molecule has 0 bridgehead atoms. The minimum absolute atomic E-state index is 0.0187. The Morgan fingerprint density at radius 3 is 2.81 bits per heavy atom. The van der Waals surface area contributed by atoms with E-state index in [0.29, 0.717) is 5.75 Å². The quantitative estimate of drug-likeness (QED) is 0.749. The van der Waals surface area contributed by atoms with E-state index in [1.807, 2.05) is 25.1 Å². The molecule has 1 heterocycles.